The van der Waals surface area contributed by atoms with Crippen LogP contribution in [0.4, 0.5) is 19.3 Å². The third-order valence-corrected chi connectivity index (χ3v) is 4.96. The molecule has 0 aliphatic rings. The number of fused-ring (bicyclic) bond motifs is 1. The van der Waals surface area contributed by atoms with E-state index in [0.717, 1.165) is 39.6 Å². The molecule has 4 nitrogen and oxygen atoms in total. The molecule has 0 saturated heterocycles. The number of benzene rings is 3. The molecule has 4 aromatic rings. The number of halogens is 2. The van der Waals surface area contributed by atoms with E-state index < -0.39 is 17.7 Å². The summed E-state index contributed by atoms with van der Waals surface area (Å²) in [7, 11) is 0. The fraction of sp³-hybridized carbons (Fsp3) is 0.0833. The fourth-order valence-corrected chi connectivity index (χ4v) is 3.45. The van der Waals surface area contributed by atoms with Gasteiger partial charge in [-0.3, -0.25) is 4.98 Å². The number of nitrogens with one attached hydrogen (secondary N) is 2. The predicted molar refractivity (Wildman–Crippen MR) is 114 cm³/mol. The molecule has 0 bridgehead atoms. The van der Waals surface area contributed by atoms with Crippen molar-refractivity contribution in [3.63, 3.8) is 0 Å². The summed E-state index contributed by atoms with van der Waals surface area (Å²) in [6.07, 6.45) is 3.51. The number of hydrogen-bond donors (Lipinski definition) is 2. The van der Waals surface area contributed by atoms with Gasteiger partial charge in [0.05, 0.1) is 5.69 Å². The zero-order valence-electron chi connectivity index (χ0n) is 16.2. The maximum atomic E-state index is 13.7. The van der Waals surface area contributed by atoms with Crippen LogP contribution in [0.15, 0.2) is 73.1 Å². The van der Waals surface area contributed by atoms with Gasteiger partial charge in [0.15, 0.2) is 0 Å². The van der Waals surface area contributed by atoms with Crippen LogP contribution in [0.25, 0.3) is 21.9 Å². The van der Waals surface area contributed by atoms with E-state index in [-0.39, 0.29) is 12.2 Å². The minimum atomic E-state index is -0.831. The Hall–Kier alpha value is -3.80. The zero-order chi connectivity index (χ0) is 21.1. The molecular weight excluding hydrogens is 384 g/mol. The van der Waals surface area contributed by atoms with Crippen LogP contribution in [-0.4, -0.2) is 11.0 Å². The number of hydrogen-bond acceptors (Lipinski definition) is 2. The van der Waals surface area contributed by atoms with E-state index in [1.165, 1.54) is 11.6 Å². The highest BCUT2D eigenvalue weighted by molar-refractivity contribution is 5.99. The van der Waals surface area contributed by atoms with Gasteiger partial charge in [-0.2, -0.15) is 0 Å². The molecule has 30 heavy (non-hydrogen) atoms. The number of amides is 2. The van der Waals surface area contributed by atoms with E-state index in [2.05, 4.69) is 34.7 Å². The molecule has 1 aromatic heterocycles. The van der Waals surface area contributed by atoms with Gasteiger partial charge in [-0.15, -0.1) is 0 Å². The molecule has 0 saturated carbocycles. The van der Waals surface area contributed by atoms with Crippen LogP contribution in [0.1, 0.15) is 11.1 Å². The third-order valence-electron chi connectivity index (χ3n) is 4.96. The molecule has 150 valence electrons. The molecule has 1 heterocycles. The first-order chi connectivity index (χ1) is 14.5. The number of carbonyl (C=O) groups is 1. The Bertz CT molecular complexity index is 1240. The Labute approximate surface area is 172 Å². The van der Waals surface area contributed by atoms with Crippen LogP contribution in [0.2, 0.25) is 0 Å². The van der Waals surface area contributed by atoms with Gasteiger partial charge in [0.25, 0.3) is 0 Å². The van der Waals surface area contributed by atoms with Crippen molar-refractivity contribution in [2.45, 2.75) is 13.5 Å². The molecule has 0 radical (unpaired) electrons. The number of pyridine rings is 1. The molecule has 0 atom stereocenters. The van der Waals surface area contributed by atoms with Crippen LogP contribution in [0.5, 0.6) is 0 Å². The van der Waals surface area contributed by atoms with E-state index >= 15 is 0 Å². The average Bonchev–Trinajstić information content (AvgIpc) is 2.74. The monoisotopic (exact) mass is 403 g/mol. The summed E-state index contributed by atoms with van der Waals surface area (Å²) in [5, 5.41) is 7.06. The van der Waals surface area contributed by atoms with Crippen molar-refractivity contribution >= 4 is 22.5 Å². The Morgan fingerprint density at radius 2 is 1.80 bits per heavy atom. The first kappa shape index (κ1) is 19.5. The van der Waals surface area contributed by atoms with Gasteiger partial charge < -0.3 is 10.6 Å². The lowest BCUT2D eigenvalue weighted by atomic mass is 9.94. The van der Waals surface area contributed by atoms with E-state index in [1.807, 2.05) is 30.3 Å². The van der Waals surface area contributed by atoms with E-state index in [0.29, 0.717) is 0 Å². The second-order valence-corrected chi connectivity index (χ2v) is 6.94. The summed E-state index contributed by atoms with van der Waals surface area (Å²) in [5.74, 6) is -1.53. The normalized spacial score (nSPS) is 10.8. The lowest BCUT2D eigenvalue weighted by molar-refractivity contribution is 0.251. The van der Waals surface area contributed by atoms with Gasteiger partial charge in [0.2, 0.25) is 0 Å². The van der Waals surface area contributed by atoms with Crippen molar-refractivity contribution in [3.05, 3.63) is 95.8 Å². The van der Waals surface area contributed by atoms with Crippen molar-refractivity contribution < 1.29 is 13.6 Å². The molecule has 0 aliphatic heterocycles. The molecule has 6 heteroatoms. The second-order valence-electron chi connectivity index (χ2n) is 6.94. The highest BCUT2D eigenvalue weighted by atomic mass is 19.1. The van der Waals surface area contributed by atoms with Gasteiger partial charge in [-0.05, 0) is 52.8 Å². The minimum absolute atomic E-state index is 0.0877. The summed E-state index contributed by atoms with van der Waals surface area (Å²) in [5.41, 5.74) is 4.19. The first-order valence-electron chi connectivity index (χ1n) is 9.44. The number of nitrogens with zero attached hydrogens (tertiary/aromatic N) is 1. The Morgan fingerprint density at radius 1 is 0.967 bits per heavy atom. The van der Waals surface area contributed by atoms with Crippen molar-refractivity contribution in [2.75, 3.05) is 5.32 Å². The van der Waals surface area contributed by atoms with Crippen molar-refractivity contribution in [2.24, 2.45) is 0 Å². The fourth-order valence-electron chi connectivity index (χ4n) is 3.45. The molecule has 4 rings (SSSR count). The van der Waals surface area contributed by atoms with Crippen LogP contribution in [-0.2, 0) is 6.54 Å². The van der Waals surface area contributed by atoms with Crippen LogP contribution >= 0.6 is 0 Å². The summed E-state index contributed by atoms with van der Waals surface area (Å²) in [4.78, 5) is 16.4. The summed E-state index contributed by atoms with van der Waals surface area (Å²) in [6, 6.07) is 16.5. The quantitative estimate of drug-likeness (QED) is 0.452. The Morgan fingerprint density at radius 3 is 2.60 bits per heavy atom. The summed E-state index contributed by atoms with van der Waals surface area (Å²) >= 11 is 0. The van der Waals surface area contributed by atoms with E-state index in [1.54, 1.807) is 12.4 Å². The van der Waals surface area contributed by atoms with Gasteiger partial charge in [-0.25, -0.2) is 13.6 Å². The first-order valence-corrected chi connectivity index (χ1v) is 9.44. The number of aromatic nitrogens is 1. The van der Waals surface area contributed by atoms with Gasteiger partial charge >= 0.3 is 6.03 Å². The number of anilines is 1. The zero-order valence-corrected chi connectivity index (χ0v) is 16.2. The highest BCUT2D eigenvalue weighted by Gasteiger charge is 2.12. The Kier molecular flexibility index (Phi) is 5.39. The Balaban J connectivity index is 1.57. The molecule has 2 N–H and O–H groups in total. The average molecular weight is 403 g/mol. The standard InChI is InChI=1S/C24H19F2N3O/c1-15-4-2-3-5-18(15)19-8-6-16(21-14-27-11-10-20(19)21)13-28-24(30)29-23-9-7-17(25)12-22(23)26/h2-12,14H,13H2,1H3,(H2,28,29,30). The predicted octanol–water partition coefficient (Wildman–Crippen LogP) is 5.81. The molecule has 0 aliphatic carbocycles. The maximum Gasteiger partial charge on any atom is 0.319 e. The van der Waals surface area contributed by atoms with E-state index in [4.69, 9.17) is 0 Å². The highest BCUT2D eigenvalue weighted by Crippen LogP contribution is 2.32. The lowest BCUT2D eigenvalue weighted by Gasteiger charge is -2.14. The number of aryl methyl sites for hydroxylation is 1. The van der Waals surface area contributed by atoms with Crippen molar-refractivity contribution in [1.29, 1.82) is 0 Å². The topological polar surface area (TPSA) is 54.0 Å². The molecule has 0 unspecified atom stereocenters. The molecule has 0 spiro atoms. The molecule has 3 aromatic carbocycles. The smallest absolute Gasteiger partial charge is 0.319 e. The molecule has 2 amide bonds. The van der Waals surface area contributed by atoms with Crippen LogP contribution in [0.3, 0.4) is 0 Å². The largest absolute Gasteiger partial charge is 0.334 e. The van der Waals surface area contributed by atoms with Crippen LogP contribution in [0, 0.1) is 18.6 Å². The SMILES string of the molecule is Cc1ccccc1-c1ccc(CNC(=O)Nc2ccc(F)cc2F)c2cnccc12. The van der Waals surface area contributed by atoms with Crippen molar-refractivity contribution in [3.8, 4) is 11.1 Å². The number of carbonyl (C=O) groups excluding carboxylic acids is 1. The van der Waals surface area contributed by atoms with Gasteiger partial charge in [0, 0.05) is 30.4 Å². The van der Waals surface area contributed by atoms with Crippen molar-refractivity contribution in [1.82, 2.24) is 10.3 Å². The maximum absolute atomic E-state index is 13.7. The minimum Gasteiger partial charge on any atom is -0.334 e. The van der Waals surface area contributed by atoms with Gasteiger partial charge in [0.1, 0.15) is 11.6 Å². The van der Waals surface area contributed by atoms with E-state index in [9.17, 15) is 13.6 Å². The summed E-state index contributed by atoms with van der Waals surface area (Å²) < 4.78 is 26.7. The lowest BCUT2D eigenvalue weighted by Crippen LogP contribution is -2.28. The van der Waals surface area contributed by atoms with Gasteiger partial charge in [-0.1, -0.05) is 36.4 Å². The molecule has 0 fully saturated rings. The summed E-state index contributed by atoms with van der Waals surface area (Å²) in [6.45, 7) is 2.29. The van der Waals surface area contributed by atoms with Crippen LogP contribution < -0.4 is 10.6 Å². The third kappa shape index (κ3) is 3.98. The number of rotatable bonds is 4. The number of urea groups is 1. The molecular formula is C24H19F2N3O. The second kappa shape index (κ2) is 8.29.